The van der Waals surface area contributed by atoms with Gasteiger partial charge in [-0.05, 0) is 66.8 Å². The number of hydrogen-bond acceptors (Lipinski definition) is 6. The average Bonchev–Trinajstić information content (AvgIpc) is 2.87. The van der Waals surface area contributed by atoms with Gasteiger partial charge >= 0.3 is 0 Å². The van der Waals surface area contributed by atoms with Crippen LogP contribution in [0.3, 0.4) is 0 Å². The fourth-order valence-corrected chi connectivity index (χ4v) is 4.81. The van der Waals surface area contributed by atoms with E-state index in [1.165, 1.54) is 12.6 Å². The Kier molecular flexibility index (Phi) is 9.86. The van der Waals surface area contributed by atoms with E-state index in [0.29, 0.717) is 17.0 Å². The minimum Gasteiger partial charge on any atom is -0.484 e. The molecule has 0 bridgehead atoms. The maximum absolute atomic E-state index is 12.3. The van der Waals surface area contributed by atoms with Crippen LogP contribution in [0.15, 0.2) is 53.6 Å². The van der Waals surface area contributed by atoms with Crippen LogP contribution in [-0.2, 0) is 26.0 Å². The van der Waals surface area contributed by atoms with Crippen LogP contribution in [0.2, 0.25) is 0 Å². The fraction of sp³-hybridized carbons (Fsp3) is 0.423. The Morgan fingerprint density at radius 2 is 1.69 bits per heavy atom. The van der Waals surface area contributed by atoms with E-state index in [1.807, 2.05) is 19.1 Å². The molecule has 1 fully saturated rings. The lowest BCUT2D eigenvalue weighted by Crippen LogP contribution is -2.39. The van der Waals surface area contributed by atoms with E-state index in [0.717, 1.165) is 48.2 Å². The van der Waals surface area contributed by atoms with Gasteiger partial charge in [-0.15, -0.1) is 0 Å². The number of aryl methyl sites for hydroxylation is 1. The monoisotopic (exact) mass is 514 g/mol. The van der Waals surface area contributed by atoms with Crippen molar-refractivity contribution < 1.29 is 22.7 Å². The average molecular weight is 515 g/mol. The van der Waals surface area contributed by atoms with Gasteiger partial charge in [-0.1, -0.05) is 38.3 Å². The molecule has 0 unspecified atom stereocenters. The van der Waals surface area contributed by atoms with E-state index >= 15 is 0 Å². The number of carbonyl (C=O) groups is 2. The highest BCUT2D eigenvalue weighted by atomic mass is 32.2. The number of nitrogens with one attached hydrogen (secondary N) is 2. The molecular weight excluding hydrogens is 480 g/mol. The number of sulfonamides is 1. The van der Waals surface area contributed by atoms with Gasteiger partial charge in [-0.25, -0.2) is 13.8 Å². The number of ether oxygens (including phenoxy) is 1. The van der Waals surface area contributed by atoms with Crippen LogP contribution in [0.4, 0.5) is 5.69 Å². The van der Waals surface area contributed by atoms with Crippen LogP contribution in [0.25, 0.3) is 0 Å². The SMILES string of the molecule is CCc1ccc(N(CC(=O)N/N=C\c2ccc(OCC(=O)NC3CCCCC3)cc2)S(C)(=O)=O)cc1. The smallest absolute Gasteiger partial charge is 0.260 e. The number of hydrazone groups is 1. The van der Waals surface area contributed by atoms with Crippen LogP contribution >= 0.6 is 0 Å². The minimum atomic E-state index is -3.66. The molecule has 1 saturated carbocycles. The predicted octanol–water partition coefficient (Wildman–Crippen LogP) is 2.99. The zero-order valence-electron chi connectivity index (χ0n) is 20.8. The summed E-state index contributed by atoms with van der Waals surface area (Å²) in [7, 11) is -3.66. The van der Waals surface area contributed by atoms with Crippen molar-refractivity contribution in [3.63, 3.8) is 0 Å². The molecule has 0 heterocycles. The summed E-state index contributed by atoms with van der Waals surface area (Å²) < 4.78 is 31.0. The van der Waals surface area contributed by atoms with Crippen LogP contribution in [0.5, 0.6) is 5.75 Å². The molecular formula is C26H34N4O5S. The number of carbonyl (C=O) groups excluding carboxylic acids is 2. The predicted molar refractivity (Wildman–Crippen MR) is 141 cm³/mol. The van der Waals surface area contributed by atoms with E-state index in [-0.39, 0.29) is 18.6 Å². The number of amides is 2. The van der Waals surface area contributed by atoms with Crippen molar-refractivity contribution in [3.8, 4) is 5.75 Å². The zero-order chi connectivity index (χ0) is 26.0. The van der Waals surface area contributed by atoms with Crippen LogP contribution in [0, 0.1) is 0 Å². The normalized spacial score (nSPS) is 14.4. The van der Waals surface area contributed by atoms with Gasteiger partial charge in [-0.3, -0.25) is 13.9 Å². The third-order valence-electron chi connectivity index (χ3n) is 5.94. The molecule has 0 atom stereocenters. The van der Waals surface area contributed by atoms with E-state index in [1.54, 1.807) is 36.4 Å². The number of hydrogen-bond donors (Lipinski definition) is 2. The second-order valence-electron chi connectivity index (χ2n) is 8.84. The van der Waals surface area contributed by atoms with Gasteiger partial charge in [-0.2, -0.15) is 5.10 Å². The zero-order valence-corrected chi connectivity index (χ0v) is 21.6. The fourth-order valence-electron chi connectivity index (χ4n) is 3.96. The Bertz CT molecular complexity index is 1140. The van der Waals surface area contributed by atoms with Gasteiger partial charge in [0, 0.05) is 6.04 Å². The Hall–Kier alpha value is -3.40. The molecule has 2 aromatic carbocycles. The maximum atomic E-state index is 12.3. The first-order valence-electron chi connectivity index (χ1n) is 12.2. The summed E-state index contributed by atoms with van der Waals surface area (Å²) in [6.07, 6.45) is 8.91. The van der Waals surface area contributed by atoms with Crippen LogP contribution < -0.4 is 19.8 Å². The Morgan fingerprint density at radius 3 is 2.31 bits per heavy atom. The molecule has 10 heteroatoms. The van der Waals surface area contributed by atoms with Crippen LogP contribution in [-0.4, -0.2) is 51.9 Å². The number of benzene rings is 2. The summed E-state index contributed by atoms with van der Waals surface area (Å²) in [5, 5.41) is 6.93. The van der Waals surface area contributed by atoms with Gasteiger partial charge in [0.15, 0.2) is 6.61 Å². The van der Waals surface area contributed by atoms with Crippen molar-refractivity contribution in [2.75, 3.05) is 23.7 Å². The molecule has 1 aliphatic carbocycles. The first-order valence-corrected chi connectivity index (χ1v) is 14.0. The summed E-state index contributed by atoms with van der Waals surface area (Å²) in [6, 6.07) is 14.2. The molecule has 3 rings (SSSR count). The third kappa shape index (κ3) is 8.67. The second kappa shape index (κ2) is 13.1. The number of anilines is 1. The number of rotatable bonds is 11. The largest absolute Gasteiger partial charge is 0.484 e. The third-order valence-corrected chi connectivity index (χ3v) is 7.08. The molecule has 0 spiro atoms. The minimum absolute atomic E-state index is 0.0436. The Morgan fingerprint density at radius 1 is 1.03 bits per heavy atom. The second-order valence-corrected chi connectivity index (χ2v) is 10.7. The molecule has 0 saturated heterocycles. The Labute approximate surface area is 213 Å². The first-order chi connectivity index (χ1) is 17.2. The van der Waals surface area contributed by atoms with Crippen molar-refractivity contribution >= 4 is 33.7 Å². The van der Waals surface area contributed by atoms with E-state index in [4.69, 9.17) is 4.74 Å². The van der Waals surface area contributed by atoms with Crippen molar-refractivity contribution in [1.82, 2.24) is 10.7 Å². The summed E-state index contributed by atoms with van der Waals surface area (Å²) in [6.45, 7) is 1.57. The van der Waals surface area contributed by atoms with Crippen molar-refractivity contribution in [1.29, 1.82) is 0 Å². The lowest BCUT2D eigenvalue weighted by molar-refractivity contribution is -0.124. The van der Waals surface area contributed by atoms with E-state index in [2.05, 4.69) is 15.8 Å². The molecule has 1 aliphatic rings. The van der Waals surface area contributed by atoms with Crippen molar-refractivity contribution in [2.45, 2.75) is 51.5 Å². The molecule has 0 radical (unpaired) electrons. The highest BCUT2D eigenvalue weighted by molar-refractivity contribution is 7.92. The maximum Gasteiger partial charge on any atom is 0.260 e. The molecule has 0 aromatic heterocycles. The molecule has 194 valence electrons. The standard InChI is InChI=1S/C26H34N4O5S/c1-3-20-9-13-23(14-10-20)30(36(2,33)34)18-25(31)29-27-17-21-11-15-24(16-12-21)35-19-26(32)28-22-7-5-4-6-8-22/h9-17,22H,3-8,18-19H2,1-2H3,(H,28,32)(H,29,31)/b27-17-. The Balaban J connectivity index is 1.47. The van der Waals surface area contributed by atoms with Crippen molar-refractivity contribution in [2.24, 2.45) is 5.10 Å². The molecule has 0 aliphatic heterocycles. The van der Waals surface area contributed by atoms with E-state index in [9.17, 15) is 18.0 Å². The van der Waals surface area contributed by atoms with Gasteiger partial charge in [0.2, 0.25) is 10.0 Å². The van der Waals surface area contributed by atoms with E-state index < -0.39 is 22.5 Å². The molecule has 2 aromatic rings. The first kappa shape index (κ1) is 27.2. The highest BCUT2D eigenvalue weighted by Crippen LogP contribution is 2.19. The number of nitrogens with zero attached hydrogens (tertiary/aromatic N) is 2. The molecule has 9 nitrogen and oxygen atoms in total. The van der Waals surface area contributed by atoms with Gasteiger partial charge in [0.05, 0.1) is 18.2 Å². The lowest BCUT2D eigenvalue weighted by atomic mass is 9.95. The van der Waals surface area contributed by atoms with Gasteiger partial charge < -0.3 is 10.1 Å². The molecule has 36 heavy (non-hydrogen) atoms. The lowest BCUT2D eigenvalue weighted by Gasteiger charge is -2.22. The summed E-state index contributed by atoms with van der Waals surface area (Å²) >= 11 is 0. The molecule has 2 amide bonds. The van der Waals surface area contributed by atoms with Gasteiger partial charge in [0.25, 0.3) is 11.8 Å². The van der Waals surface area contributed by atoms with Crippen LogP contribution in [0.1, 0.15) is 50.2 Å². The topological polar surface area (TPSA) is 117 Å². The van der Waals surface area contributed by atoms with Gasteiger partial charge in [0.1, 0.15) is 12.3 Å². The quantitative estimate of drug-likeness (QED) is 0.353. The van der Waals surface area contributed by atoms with Crippen molar-refractivity contribution in [3.05, 3.63) is 59.7 Å². The summed E-state index contributed by atoms with van der Waals surface area (Å²) in [5.74, 6) is -0.146. The highest BCUT2D eigenvalue weighted by Gasteiger charge is 2.20. The summed E-state index contributed by atoms with van der Waals surface area (Å²) in [5.41, 5.74) is 4.54. The molecule has 2 N–H and O–H groups in total. The summed E-state index contributed by atoms with van der Waals surface area (Å²) in [4.78, 5) is 24.4.